The molecule has 1 aromatic rings. The molecule has 1 rings (SSSR count). The third-order valence-corrected chi connectivity index (χ3v) is 1.69. The highest BCUT2D eigenvalue weighted by Gasteiger charge is 2.14. The van der Waals surface area contributed by atoms with Crippen LogP contribution in [-0.2, 0) is 4.79 Å². The molecule has 1 amide bonds. The van der Waals surface area contributed by atoms with E-state index in [9.17, 15) is 9.18 Å². The third-order valence-electron chi connectivity index (χ3n) is 1.47. The van der Waals surface area contributed by atoms with Crippen LogP contribution >= 0.6 is 11.6 Å². The Bertz CT molecular complexity index is 323. The van der Waals surface area contributed by atoms with Crippen molar-refractivity contribution in [2.45, 2.75) is 6.10 Å². The Morgan fingerprint density at radius 2 is 2.15 bits per heavy atom. The van der Waals surface area contributed by atoms with Gasteiger partial charge in [0.25, 0.3) is 5.91 Å². The van der Waals surface area contributed by atoms with E-state index >= 15 is 0 Å². The van der Waals surface area contributed by atoms with Crippen LogP contribution in [0.15, 0.2) is 18.2 Å². The molecule has 3 nitrogen and oxygen atoms in total. The lowest BCUT2D eigenvalue weighted by Crippen LogP contribution is -2.20. The number of rotatable bonds is 2. The standard InChI is InChI=1S/C8H7ClFNO2/c9-5-1-4(2-6(10)3-5)7(12)8(11)13/h1-3,7,12H,(H2,11,13). The second-order valence-corrected chi connectivity index (χ2v) is 2.94. The van der Waals surface area contributed by atoms with Crippen LogP contribution in [-0.4, -0.2) is 11.0 Å². The minimum absolute atomic E-state index is 0.0532. The molecule has 0 saturated carbocycles. The van der Waals surface area contributed by atoms with Gasteiger partial charge in [-0.25, -0.2) is 4.39 Å². The largest absolute Gasteiger partial charge is 0.378 e. The summed E-state index contributed by atoms with van der Waals surface area (Å²) >= 11 is 5.50. The predicted molar refractivity (Wildman–Crippen MR) is 45.6 cm³/mol. The van der Waals surface area contributed by atoms with Crippen LogP contribution in [0.3, 0.4) is 0 Å². The van der Waals surface area contributed by atoms with E-state index in [0.717, 1.165) is 12.1 Å². The van der Waals surface area contributed by atoms with E-state index < -0.39 is 17.8 Å². The molecular weight excluding hydrogens is 197 g/mol. The van der Waals surface area contributed by atoms with Gasteiger partial charge in [0.05, 0.1) is 0 Å². The lowest BCUT2D eigenvalue weighted by atomic mass is 10.1. The topological polar surface area (TPSA) is 63.3 Å². The highest BCUT2D eigenvalue weighted by Crippen LogP contribution is 2.19. The number of aliphatic hydroxyl groups is 1. The van der Waals surface area contributed by atoms with Crippen molar-refractivity contribution in [3.05, 3.63) is 34.6 Å². The fourth-order valence-corrected chi connectivity index (χ4v) is 1.13. The molecule has 1 aromatic carbocycles. The first-order valence-electron chi connectivity index (χ1n) is 3.44. The molecule has 13 heavy (non-hydrogen) atoms. The summed E-state index contributed by atoms with van der Waals surface area (Å²) in [6.45, 7) is 0. The number of halogens is 2. The molecule has 0 bridgehead atoms. The number of primary amides is 1. The van der Waals surface area contributed by atoms with Crippen molar-refractivity contribution in [1.82, 2.24) is 0 Å². The lowest BCUT2D eigenvalue weighted by Gasteiger charge is -2.06. The average molecular weight is 204 g/mol. The Hall–Kier alpha value is -1.13. The maximum atomic E-state index is 12.7. The van der Waals surface area contributed by atoms with Crippen LogP contribution in [0.25, 0.3) is 0 Å². The molecule has 0 aromatic heterocycles. The molecule has 0 radical (unpaired) electrons. The number of aliphatic hydroxyl groups excluding tert-OH is 1. The van der Waals surface area contributed by atoms with Gasteiger partial charge in [-0.1, -0.05) is 11.6 Å². The Morgan fingerprint density at radius 3 is 2.62 bits per heavy atom. The van der Waals surface area contributed by atoms with E-state index in [2.05, 4.69) is 0 Å². The zero-order chi connectivity index (χ0) is 10.0. The smallest absolute Gasteiger partial charge is 0.250 e. The van der Waals surface area contributed by atoms with Gasteiger partial charge in [-0.15, -0.1) is 0 Å². The van der Waals surface area contributed by atoms with Crippen LogP contribution in [0.1, 0.15) is 11.7 Å². The van der Waals surface area contributed by atoms with Crippen LogP contribution < -0.4 is 5.73 Å². The molecule has 1 atom stereocenters. The minimum Gasteiger partial charge on any atom is -0.378 e. The summed E-state index contributed by atoms with van der Waals surface area (Å²) in [6.07, 6.45) is -1.52. The summed E-state index contributed by atoms with van der Waals surface area (Å²) in [4.78, 5) is 10.5. The van der Waals surface area contributed by atoms with Gasteiger partial charge in [-0.05, 0) is 23.8 Å². The Balaban J connectivity index is 3.07. The number of carbonyl (C=O) groups is 1. The number of carbonyl (C=O) groups excluding carboxylic acids is 1. The zero-order valence-corrected chi connectivity index (χ0v) is 7.25. The fourth-order valence-electron chi connectivity index (χ4n) is 0.897. The second kappa shape index (κ2) is 3.72. The van der Waals surface area contributed by atoms with Gasteiger partial charge in [0.15, 0.2) is 6.10 Å². The minimum atomic E-state index is -1.52. The quantitative estimate of drug-likeness (QED) is 0.753. The predicted octanol–water partition coefficient (Wildman–Crippen LogP) is 0.998. The van der Waals surface area contributed by atoms with E-state index in [4.69, 9.17) is 22.4 Å². The van der Waals surface area contributed by atoms with Crippen molar-refractivity contribution >= 4 is 17.5 Å². The summed E-state index contributed by atoms with van der Waals surface area (Å²) in [5.41, 5.74) is 4.87. The third kappa shape index (κ3) is 2.40. The van der Waals surface area contributed by atoms with Crippen LogP contribution in [0.2, 0.25) is 5.02 Å². The van der Waals surface area contributed by atoms with Gasteiger partial charge in [0.2, 0.25) is 0 Å². The summed E-state index contributed by atoms with van der Waals surface area (Å²) in [6, 6.07) is 3.35. The van der Waals surface area contributed by atoms with Crippen LogP contribution in [0, 0.1) is 5.82 Å². The zero-order valence-electron chi connectivity index (χ0n) is 6.50. The molecule has 3 N–H and O–H groups in total. The van der Waals surface area contributed by atoms with Crippen molar-refractivity contribution in [3.8, 4) is 0 Å². The molecule has 5 heteroatoms. The van der Waals surface area contributed by atoms with Crippen molar-refractivity contribution in [2.75, 3.05) is 0 Å². The lowest BCUT2D eigenvalue weighted by molar-refractivity contribution is -0.126. The van der Waals surface area contributed by atoms with Gasteiger partial charge in [0, 0.05) is 5.02 Å². The van der Waals surface area contributed by atoms with Gasteiger partial charge in [0.1, 0.15) is 5.82 Å². The van der Waals surface area contributed by atoms with Crippen molar-refractivity contribution in [3.63, 3.8) is 0 Å². The van der Waals surface area contributed by atoms with Gasteiger partial charge >= 0.3 is 0 Å². The highest BCUT2D eigenvalue weighted by molar-refractivity contribution is 6.30. The number of hydrogen-bond donors (Lipinski definition) is 2. The summed E-state index contributed by atoms with van der Waals surface area (Å²) < 4.78 is 12.7. The Labute approximate surface area is 78.9 Å². The highest BCUT2D eigenvalue weighted by atomic mass is 35.5. The number of nitrogens with two attached hydrogens (primary N) is 1. The first-order chi connectivity index (χ1) is 6.00. The molecular formula is C8H7ClFNO2. The SMILES string of the molecule is NC(=O)C(O)c1cc(F)cc(Cl)c1. The molecule has 0 aliphatic rings. The van der Waals surface area contributed by atoms with E-state index in [0.29, 0.717) is 0 Å². The van der Waals surface area contributed by atoms with Gasteiger partial charge < -0.3 is 10.8 Å². The first-order valence-corrected chi connectivity index (χ1v) is 3.82. The van der Waals surface area contributed by atoms with E-state index in [1.54, 1.807) is 0 Å². The summed E-state index contributed by atoms with van der Waals surface area (Å²) in [5, 5.41) is 9.25. The van der Waals surface area contributed by atoms with Crippen molar-refractivity contribution in [2.24, 2.45) is 5.73 Å². The van der Waals surface area contributed by atoms with E-state index in [1.807, 2.05) is 0 Å². The molecule has 1 unspecified atom stereocenters. The van der Waals surface area contributed by atoms with Crippen molar-refractivity contribution in [1.29, 1.82) is 0 Å². The monoisotopic (exact) mass is 203 g/mol. The maximum Gasteiger partial charge on any atom is 0.250 e. The summed E-state index contributed by atoms with van der Waals surface area (Å²) in [5.74, 6) is -1.57. The molecule has 0 spiro atoms. The van der Waals surface area contributed by atoms with E-state index in [-0.39, 0.29) is 10.6 Å². The number of benzene rings is 1. The van der Waals surface area contributed by atoms with Crippen LogP contribution in [0.4, 0.5) is 4.39 Å². The number of amides is 1. The molecule has 70 valence electrons. The van der Waals surface area contributed by atoms with Gasteiger partial charge in [-0.3, -0.25) is 4.79 Å². The van der Waals surface area contributed by atoms with E-state index in [1.165, 1.54) is 6.07 Å². The summed E-state index contributed by atoms with van der Waals surface area (Å²) in [7, 11) is 0. The number of hydrogen-bond acceptors (Lipinski definition) is 2. The van der Waals surface area contributed by atoms with Crippen molar-refractivity contribution < 1.29 is 14.3 Å². The van der Waals surface area contributed by atoms with Crippen LogP contribution in [0.5, 0.6) is 0 Å². The Morgan fingerprint density at radius 1 is 1.54 bits per heavy atom. The fraction of sp³-hybridized carbons (Fsp3) is 0.125. The first kappa shape index (κ1) is 9.95. The average Bonchev–Trinajstić information content (AvgIpc) is 2.01. The Kier molecular flexibility index (Phi) is 2.85. The molecule has 0 heterocycles. The molecule has 0 aliphatic heterocycles. The second-order valence-electron chi connectivity index (χ2n) is 2.51. The molecule has 0 fully saturated rings. The normalized spacial score (nSPS) is 12.5. The van der Waals surface area contributed by atoms with Gasteiger partial charge in [-0.2, -0.15) is 0 Å². The molecule has 0 saturated heterocycles. The molecule has 0 aliphatic carbocycles. The maximum absolute atomic E-state index is 12.7.